The molecule has 0 saturated heterocycles. The van der Waals surface area contributed by atoms with Crippen LogP contribution in [0.3, 0.4) is 0 Å². The van der Waals surface area contributed by atoms with Crippen molar-refractivity contribution >= 4 is 6.09 Å². The molecule has 1 aromatic heterocycles. The number of rotatable bonds is 4. The number of nitrogens with zero attached hydrogens (tertiary/aromatic N) is 3. The van der Waals surface area contributed by atoms with Gasteiger partial charge in [0.1, 0.15) is 6.61 Å². The number of amides is 1. The molecule has 0 bridgehead atoms. The number of hydrogen-bond acceptors (Lipinski definition) is 4. The van der Waals surface area contributed by atoms with Crippen LogP contribution in [0.5, 0.6) is 0 Å². The van der Waals surface area contributed by atoms with Crippen molar-refractivity contribution in [2.24, 2.45) is 0 Å². The van der Waals surface area contributed by atoms with Gasteiger partial charge in [0.2, 0.25) is 0 Å². The Balaban J connectivity index is 1.90. The number of hydrogen-bond donors (Lipinski definition) is 0. The zero-order valence-corrected chi connectivity index (χ0v) is 11.3. The molecule has 0 N–H and O–H groups in total. The molecule has 1 fully saturated rings. The molecule has 104 valence electrons. The lowest BCUT2D eigenvalue weighted by molar-refractivity contribution is 0.114. The van der Waals surface area contributed by atoms with Gasteiger partial charge in [0.15, 0.2) is 0 Å². The Bertz CT molecular complexity index is 506. The molecule has 1 aromatic rings. The summed E-state index contributed by atoms with van der Waals surface area (Å²) in [5.41, 5.74) is 0.801. The fourth-order valence-electron chi connectivity index (χ4n) is 1.90. The highest BCUT2D eigenvalue weighted by atomic mass is 16.6. The fraction of sp³-hybridized carbons (Fsp3) is 0.615. The van der Waals surface area contributed by atoms with Gasteiger partial charge < -0.3 is 9.64 Å². The van der Waals surface area contributed by atoms with Crippen molar-refractivity contribution in [2.45, 2.75) is 31.7 Å². The Kier molecular flexibility index (Phi) is 4.19. The Labute approximate surface area is 112 Å². The molecule has 1 saturated carbocycles. The largest absolute Gasteiger partial charge is 0.448 e. The van der Waals surface area contributed by atoms with E-state index in [1.165, 1.54) is 15.9 Å². The maximum Gasteiger partial charge on any atom is 0.409 e. The van der Waals surface area contributed by atoms with Crippen LogP contribution in [-0.2, 0) is 11.3 Å². The fourth-order valence-corrected chi connectivity index (χ4v) is 1.90. The van der Waals surface area contributed by atoms with E-state index in [2.05, 4.69) is 4.98 Å². The lowest BCUT2D eigenvalue weighted by Crippen LogP contribution is -2.28. The highest BCUT2D eigenvalue weighted by molar-refractivity contribution is 5.66. The van der Waals surface area contributed by atoms with E-state index in [1.54, 1.807) is 26.5 Å². The summed E-state index contributed by atoms with van der Waals surface area (Å²) in [5.74, 6) is 0.453. The maximum absolute atomic E-state index is 11.9. The smallest absolute Gasteiger partial charge is 0.409 e. The van der Waals surface area contributed by atoms with Crippen molar-refractivity contribution in [1.29, 1.82) is 0 Å². The van der Waals surface area contributed by atoms with Crippen molar-refractivity contribution in [2.75, 3.05) is 20.7 Å². The van der Waals surface area contributed by atoms with Gasteiger partial charge in [-0.3, -0.25) is 9.36 Å². The minimum Gasteiger partial charge on any atom is -0.448 e. The summed E-state index contributed by atoms with van der Waals surface area (Å²) in [7, 11) is 3.23. The Morgan fingerprint density at radius 1 is 1.53 bits per heavy atom. The third-order valence-corrected chi connectivity index (χ3v) is 3.35. The highest BCUT2D eigenvalue weighted by Crippen LogP contribution is 2.34. The van der Waals surface area contributed by atoms with Gasteiger partial charge in [-0.2, -0.15) is 0 Å². The summed E-state index contributed by atoms with van der Waals surface area (Å²) in [6, 6.07) is 1.59. The van der Waals surface area contributed by atoms with Crippen molar-refractivity contribution in [3.63, 3.8) is 0 Å². The first-order chi connectivity index (χ1) is 9.08. The second-order valence-corrected chi connectivity index (χ2v) is 4.98. The van der Waals surface area contributed by atoms with Crippen LogP contribution in [-0.4, -0.2) is 41.2 Å². The van der Waals surface area contributed by atoms with Crippen LogP contribution < -0.4 is 5.56 Å². The van der Waals surface area contributed by atoms with Gasteiger partial charge in [-0.25, -0.2) is 9.78 Å². The maximum atomic E-state index is 11.9. The normalized spacial score (nSPS) is 14.8. The van der Waals surface area contributed by atoms with E-state index in [0.717, 1.165) is 18.5 Å². The third-order valence-electron chi connectivity index (χ3n) is 3.35. The summed E-state index contributed by atoms with van der Waals surface area (Å²) in [6.45, 7) is 0.498. The van der Waals surface area contributed by atoms with Crippen LogP contribution in [0.25, 0.3) is 0 Å². The quantitative estimate of drug-likeness (QED) is 0.820. The van der Waals surface area contributed by atoms with Crippen LogP contribution in [0.2, 0.25) is 0 Å². The molecule has 0 atom stereocenters. The molecule has 2 rings (SSSR count). The summed E-state index contributed by atoms with van der Waals surface area (Å²) in [4.78, 5) is 28.7. The third kappa shape index (κ3) is 3.33. The average Bonchev–Trinajstić information content (AvgIpc) is 2.29. The van der Waals surface area contributed by atoms with Crippen LogP contribution in [0.1, 0.15) is 30.9 Å². The van der Waals surface area contributed by atoms with E-state index >= 15 is 0 Å². The minimum atomic E-state index is -0.410. The van der Waals surface area contributed by atoms with Gasteiger partial charge in [-0.1, -0.05) is 6.42 Å². The highest BCUT2D eigenvalue weighted by Gasteiger charge is 2.21. The molecule has 0 radical (unpaired) electrons. The van der Waals surface area contributed by atoms with Gasteiger partial charge in [0, 0.05) is 26.1 Å². The first-order valence-electron chi connectivity index (χ1n) is 6.48. The van der Waals surface area contributed by atoms with Gasteiger partial charge in [-0.05, 0) is 12.8 Å². The van der Waals surface area contributed by atoms with Crippen molar-refractivity contribution in [3.05, 3.63) is 28.4 Å². The van der Waals surface area contributed by atoms with Gasteiger partial charge in [0.25, 0.3) is 5.56 Å². The molecule has 6 nitrogen and oxygen atoms in total. The number of aromatic nitrogens is 2. The van der Waals surface area contributed by atoms with Gasteiger partial charge >= 0.3 is 6.09 Å². The predicted molar refractivity (Wildman–Crippen MR) is 70.1 cm³/mol. The molecule has 19 heavy (non-hydrogen) atoms. The lowest BCUT2D eigenvalue weighted by Gasteiger charge is -2.24. The molecule has 0 unspecified atom stereocenters. The molecule has 6 heteroatoms. The SMILES string of the molecule is CN(C)C(=O)OCCn1cnc(C2CCC2)cc1=O. The number of carbonyl (C=O) groups excluding carboxylic acids is 1. The van der Waals surface area contributed by atoms with E-state index < -0.39 is 6.09 Å². The van der Waals surface area contributed by atoms with E-state index in [9.17, 15) is 9.59 Å². The molecule has 1 aliphatic rings. The summed E-state index contributed by atoms with van der Waals surface area (Å²) >= 11 is 0. The topological polar surface area (TPSA) is 64.4 Å². The molecule has 0 aliphatic heterocycles. The lowest BCUT2D eigenvalue weighted by atomic mass is 9.83. The monoisotopic (exact) mass is 265 g/mol. The van der Waals surface area contributed by atoms with E-state index in [4.69, 9.17) is 4.74 Å². The first kappa shape index (κ1) is 13.6. The first-order valence-corrected chi connectivity index (χ1v) is 6.48. The van der Waals surface area contributed by atoms with Crippen LogP contribution in [0.15, 0.2) is 17.2 Å². The van der Waals surface area contributed by atoms with Crippen LogP contribution in [0, 0.1) is 0 Å². The second-order valence-electron chi connectivity index (χ2n) is 4.98. The summed E-state index contributed by atoms with van der Waals surface area (Å²) in [5, 5.41) is 0. The average molecular weight is 265 g/mol. The van der Waals surface area contributed by atoms with Crippen LogP contribution in [0.4, 0.5) is 4.79 Å². The number of ether oxygens (including phenoxy) is 1. The van der Waals surface area contributed by atoms with Crippen molar-refractivity contribution < 1.29 is 9.53 Å². The Morgan fingerprint density at radius 2 is 2.26 bits per heavy atom. The Hall–Kier alpha value is -1.85. The minimum absolute atomic E-state index is 0.0854. The molecular formula is C13H19N3O3. The Morgan fingerprint density at radius 3 is 2.79 bits per heavy atom. The molecule has 1 amide bonds. The van der Waals surface area contributed by atoms with Crippen LogP contribution >= 0.6 is 0 Å². The zero-order chi connectivity index (χ0) is 13.8. The molecule has 1 heterocycles. The second kappa shape index (κ2) is 5.86. The molecule has 0 aromatic carbocycles. The van der Waals surface area contributed by atoms with Crippen molar-refractivity contribution in [3.8, 4) is 0 Å². The summed E-state index contributed by atoms with van der Waals surface area (Å²) in [6.07, 6.45) is 4.59. The van der Waals surface area contributed by atoms with Gasteiger partial charge in [-0.15, -0.1) is 0 Å². The standard InChI is InChI=1S/C13H19N3O3/c1-15(2)13(18)19-7-6-16-9-14-11(8-12(16)17)10-4-3-5-10/h8-10H,3-7H2,1-2H3. The van der Waals surface area contributed by atoms with E-state index in [1.807, 2.05) is 0 Å². The zero-order valence-electron chi connectivity index (χ0n) is 11.3. The summed E-state index contributed by atoms with van der Waals surface area (Å²) < 4.78 is 6.44. The molecule has 1 aliphatic carbocycles. The number of carbonyl (C=O) groups is 1. The predicted octanol–water partition coefficient (Wildman–Crippen LogP) is 1.21. The van der Waals surface area contributed by atoms with Gasteiger partial charge in [0.05, 0.1) is 18.6 Å². The van der Waals surface area contributed by atoms with E-state index in [0.29, 0.717) is 12.5 Å². The molecule has 0 spiro atoms. The molecular weight excluding hydrogens is 246 g/mol. The van der Waals surface area contributed by atoms with E-state index in [-0.39, 0.29) is 12.2 Å². The van der Waals surface area contributed by atoms with Crippen molar-refractivity contribution in [1.82, 2.24) is 14.5 Å².